The summed E-state index contributed by atoms with van der Waals surface area (Å²) in [5.41, 5.74) is 0.695. The summed E-state index contributed by atoms with van der Waals surface area (Å²) >= 11 is 5.77. The second kappa shape index (κ2) is 5.63. The molecule has 1 aromatic rings. The van der Waals surface area contributed by atoms with E-state index in [2.05, 4.69) is 4.90 Å². The van der Waals surface area contributed by atoms with Gasteiger partial charge in [0.1, 0.15) is 0 Å². The van der Waals surface area contributed by atoms with Gasteiger partial charge in [-0.1, -0.05) is 11.6 Å². The number of halogens is 1. The molecule has 1 aliphatic heterocycles. The van der Waals surface area contributed by atoms with Crippen molar-refractivity contribution < 1.29 is 9.90 Å². The maximum absolute atomic E-state index is 12.0. The maximum Gasteiger partial charge on any atom is 0.176 e. The van der Waals surface area contributed by atoms with Crippen molar-refractivity contribution in [2.45, 2.75) is 18.9 Å². The number of likely N-dealkylation sites (tertiary alicyclic amines) is 1. The fraction of sp³-hybridized carbons (Fsp3) is 0.462. The summed E-state index contributed by atoms with van der Waals surface area (Å²) in [4.78, 5) is 14.0. The summed E-state index contributed by atoms with van der Waals surface area (Å²) in [5, 5.41) is 10.0. The van der Waals surface area contributed by atoms with Gasteiger partial charge in [-0.3, -0.25) is 9.69 Å². The molecule has 0 aromatic heterocycles. The first kappa shape index (κ1) is 12.6. The Morgan fingerprint density at radius 3 is 2.47 bits per heavy atom. The molecule has 1 aromatic carbocycles. The second-order valence-corrected chi connectivity index (χ2v) is 4.87. The van der Waals surface area contributed by atoms with Crippen LogP contribution in [-0.2, 0) is 0 Å². The molecule has 0 radical (unpaired) electrons. The van der Waals surface area contributed by atoms with Crippen molar-refractivity contribution in [3.8, 4) is 0 Å². The summed E-state index contributed by atoms with van der Waals surface area (Å²) in [5.74, 6) is 0.109. The number of aliphatic hydroxyl groups excluding tert-OH is 1. The Kier molecular flexibility index (Phi) is 4.15. The number of hydrogen-bond acceptors (Lipinski definition) is 3. The standard InChI is InChI=1S/C13H16ClNO2/c14-11-3-1-10(2-4-11)13(17)9-15-7-5-12(16)6-8-15/h1-4,12,16H,5-9H2. The quantitative estimate of drug-likeness (QED) is 0.838. The number of hydrogen-bond donors (Lipinski definition) is 1. The Hall–Kier alpha value is -0.900. The Balaban J connectivity index is 1.91. The molecule has 1 heterocycles. The molecule has 92 valence electrons. The van der Waals surface area contributed by atoms with E-state index in [0.717, 1.165) is 25.9 Å². The van der Waals surface area contributed by atoms with Gasteiger partial charge >= 0.3 is 0 Å². The highest BCUT2D eigenvalue weighted by molar-refractivity contribution is 6.30. The highest BCUT2D eigenvalue weighted by Gasteiger charge is 2.19. The molecule has 1 saturated heterocycles. The first-order valence-corrected chi connectivity index (χ1v) is 6.22. The molecule has 0 atom stereocenters. The number of rotatable bonds is 3. The summed E-state index contributed by atoms with van der Waals surface area (Å²) < 4.78 is 0. The highest BCUT2D eigenvalue weighted by atomic mass is 35.5. The summed E-state index contributed by atoms with van der Waals surface area (Å²) in [7, 11) is 0. The molecular weight excluding hydrogens is 238 g/mol. The van der Waals surface area contributed by atoms with Crippen LogP contribution < -0.4 is 0 Å². The third kappa shape index (κ3) is 3.53. The van der Waals surface area contributed by atoms with Crippen molar-refractivity contribution in [2.75, 3.05) is 19.6 Å². The van der Waals surface area contributed by atoms with E-state index in [0.29, 0.717) is 17.1 Å². The van der Waals surface area contributed by atoms with Crippen molar-refractivity contribution in [2.24, 2.45) is 0 Å². The molecule has 4 heteroatoms. The van der Waals surface area contributed by atoms with Gasteiger partial charge in [0.15, 0.2) is 5.78 Å². The monoisotopic (exact) mass is 253 g/mol. The zero-order chi connectivity index (χ0) is 12.3. The second-order valence-electron chi connectivity index (χ2n) is 4.44. The van der Waals surface area contributed by atoms with Crippen molar-refractivity contribution in [1.82, 2.24) is 4.90 Å². The number of benzene rings is 1. The van der Waals surface area contributed by atoms with E-state index in [1.54, 1.807) is 24.3 Å². The van der Waals surface area contributed by atoms with Crippen LogP contribution in [0.25, 0.3) is 0 Å². The van der Waals surface area contributed by atoms with Crippen LogP contribution in [0.2, 0.25) is 5.02 Å². The van der Waals surface area contributed by atoms with E-state index in [1.165, 1.54) is 0 Å². The molecule has 1 N–H and O–H groups in total. The third-order valence-electron chi connectivity index (χ3n) is 3.09. The zero-order valence-electron chi connectivity index (χ0n) is 9.60. The van der Waals surface area contributed by atoms with Crippen LogP contribution in [0.15, 0.2) is 24.3 Å². The van der Waals surface area contributed by atoms with E-state index in [9.17, 15) is 9.90 Å². The molecule has 1 fully saturated rings. The Morgan fingerprint density at radius 2 is 1.88 bits per heavy atom. The van der Waals surface area contributed by atoms with Gasteiger partial charge in [-0.2, -0.15) is 0 Å². The fourth-order valence-electron chi connectivity index (χ4n) is 2.01. The van der Waals surface area contributed by atoms with Gasteiger partial charge in [-0.05, 0) is 37.1 Å². The predicted octanol–water partition coefficient (Wildman–Crippen LogP) is 1.98. The number of carbonyl (C=O) groups excluding carboxylic acids is 1. The van der Waals surface area contributed by atoms with Crippen molar-refractivity contribution in [3.63, 3.8) is 0 Å². The summed E-state index contributed by atoms with van der Waals surface area (Å²) in [6, 6.07) is 6.97. The minimum absolute atomic E-state index is 0.109. The average Bonchev–Trinajstić information content (AvgIpc) is 2.33. The summed E-state index contributed by atoms with van der Waals surface area (Å²) in [6.07, 6.45) is 1.32. The number of Topliss-reactive ketones (excluding diaryl/α,β-unsaturated/α-hetero) is 1. The fourth-order valence-corrected chi connectivity index (χ4v) is 2.13. The van der Waals surface area contributed by atoms with Gasteiger partial charge in [0.25, 0.3) is 0 Å². The Morgan fingerprint density at radius 1 is 1.29 bits per heavy atom. The SMILES string of the molecule is O=C(CN1CCC(O)CC1)c1ccc(Cl)cc1. The normalized spacial score (nSPS) is 18.2. The molecule has 0 spiro atoms. The third-order valence-corrected chi connectivity index (χ3v) is 3.34. The Labute approximate surface area is 106 Å². The molecule has 0 saturated carbocycles. The maximum atomic E-state index is 12.0. The minimum atomic E-state index is -0.197. The van der Waals surface area contributed by atoms with Gasteiger partial charge in [-0.25, -0.2) is 0 Å². The summed E-state index contributed by atoms with van der Waals surface area (Å²) in [6.45, 7) is 2.01. The average molecular weight is 254 g/mol. The first-order valence-electron chi connectivity index (χ1n) is 5.84. The molecule has 0 aliphatic carbocycles. The molecular formula is C13H16ClNO2. The van der Waals surface area contributed by atoms with Crippen LogP contribution in [0, 0.1) is 0 Å². The van der Waals surface area contributed by atoms with Crippen LogP contribution in [0.4, 0.5) is 0 Å². The van der Waals surface area contributed by atoms with Crippen LogP contribution in [0.3, 0.4) is 0 Å². The Bertz CT molecular complexity index is 383. The van der Waals surface area contributed by atoms with Crippen molar-refractivity contribution in [1.29, 1.82) is 0 Å². The van der Waals surface area contributed by atoms with Crippen LogP contribution >= 0.6 is 11.6 Å². The zero-order valence-corrected chi connectivity index (χ0v) is 10.4. The van der Waals surface area contributed by atoms with Crippen molar-refractivity contribution >= 4 is 17.4 Å². The van der Waals surface area contributed by atoms with E-state index in [4.69, 9.17) is 11.6 Å². The van der Waals surface area contributed by atoms with Crippen LogP contribution in [0.5, 0.6) is 0 Å². The van der Waals surface area contributed by atoms with Crippen molar-refractivity contribution in [3.05, 3.63) is 34.9 Å². The molecule has 0 amide bonds. The lowest BCUT2D eigenvalue weighted by atomic mass is 10.1. The van der Waals surface area contributed by atoms with E-state index >= 15 is 0 Å². The number of nitrogens with zero attached hydrogens (tertiary/aromatic N) is 1. The van der Waals surface area contributed by atoms with E-state index in [1.807, 2.05) is 0 Å². The number of piperidine rings is 1. The lowest BCUT2D eigenvalue weighted by Crippen LogP contribution is -2.39. The molecule has 1 aliphatic rings. The lowest BCUT2D eigenvalue weighted by Gasteiger charge is -2.28. The van der Waals surface area contributed by atoms with E-state index in [-0.39, 0.29) is 11.9 Å². The van der Waals surface area contributed by atoms with Crippen LogP contribution in [0.1, 0.15) is 23.2 Å². The first-order chi connectivity index (χ1) is 8.15. The number of carbonyl (C=O) groups is 1. The number of ketones is 1. The molecule has 0 unspecified atom stereocenters. The number of aliphatic hydroxyl groups is 1. The van der Waals surface area contributed by atoms with E-state index < -0.39 is 0 Å². The van der Waals surface area contributed by atoms with Gasteiger partial charge in [-0.15, -0.1) is 0 Å². The predicted molar refractivity (Wildman–Crippen MR) is 67.5 cm³/mol. The van der Waals surface area contributed by atoms with Gasteiger partial charge in [0.05, 0.1) is 12.6 Å². The molecule has 3 nitrogen and oxygen atoms in total. The molecule has 17 heavy (non-hydrogen) atoms. The van der Waals surface area contributed by atoms with Gasteiger partial charge in [0, 0.05) is 23.7 Å². The highest BCUT2D eigenvalue weighted by Crippen LogP contribution is 2.13. The van der Waals surface area contributed by atoms with Gasteiger partial charge < -0.3 is 5.11 Å². The minimum Gasteiger partial charge on any atom is -0.393 e. The molecule has 2 rings (SSSR count). The topological polar surface area (TPSA) is 40.5 Å². The smallest absolute Gasteiger partial charge is 0.176 e. The van der Waals surface area contributed by atoms with Gasteiger partial charge in [0.2, 0.25) is 0 Å². The lowest BCUT2D eigenvalue weighted by molar-refractivity contribution is 0.0711. The largest absolute Gasteiger partial charge is 0.393 e. The van der Waals surface area contributed by atoms with Crippen LogP contribution in [-0.4, -0.2) is 41.5 Å². The molecule has 0 bridgehead atoms.